The maximum atomic E-state index is 11.8. The number of benzene rings is 1. The molecule has 0 aliphatic rings. The summed E-state index contributed by atoms with van der Waals surface area (Å²) in [6, 6.07) is 10.7. The molecule has 0 unspecified atom stereocenters. The SMILES string of the molecule is C/C(C=Cc1ccccc1Cl)=N/NC(=O)c1ccncc1. The van der Waals surface area contributed by atoms with E-state index in [9.17, 15) is 4.79 Å². The van der Waals surface area contributed by atoms with Crippen LogP contribution in [-0.4, -0.2) is 16.6 Å². The zero-order chi connectivity index (χ0) is 15.1. The molecule has 1 aromatic heterocycles. The van der Waals surface area contributed by atoms with Crippen LogP contribution in [-0.2, 0) is 0 Å². The van der Waals surface area contributed by atoms with E-state index in [2.05, 4.69) is 15.5 Å². The van der Waals surface area contributed by atoms with Crippen LogP contribution in [0.3, 0.4) is 0 Å². The molecule has 0 bridgehead atoms. The minimum atomic E-state index is -0.275. The second kappa shape index (κ2) is 7.36. The number of pyridine rings is 1. The van der Waals surface area contributed by atoms with E-state index in [4.69, 9.17) is 11.6 Å². The third-order valence-corrected chi connectivity index (χ3v) is 3.03. The van der Waals surface area contributed by atoms with Gasteiger partial charge in [0.15, 0.2) is 0 Å². The largest absolute Gasteiger partial charge is 0.271 e. The lowest BCUT2D eigenvalue weighted by atomic mass is 10.2. The number of halogens is 1. The average Bonchev–Trinajstić information content (AvgIpc) is 2.52. The van der Waals surface area contributed by atoms with E-state index in [1.807, 2.05) is 30.3 Å². The second-order valence-corrected chi connectivity index (χ2v) is 4.69. The summed E-state index contributed by atoms with van der Waals surface area (Å²) >= 11 is 6.05. The molecule has 21 heavy (non-hydrogen) atoms. The van der Waals surface area contributed by atoms with Crippen LogP contribution in [0, 0.1) is 0 Å². The van der Waals surface area contributed by atoms with Gasteiger partial charge in [0.05, 0.1) is 5.71 Å². The summed E-state index contributed by atoms with van der Waals surface area (Å²) in [6.45, 7) is 1.79. The van der Waals surface area contributed by atoms with Gasteiger partial charge in [0.1, 0.15) is 0 Å². The Morgan fingerprint density at radius 1 is 1.24 bits per heavy atom. The molecule has 5 heteroatoms. The first-order valence-corrected chi connectivity index (χ1v) is 6.72. The number of hydrogen-bond donors (Lipinski definition) is 1. The van der Waals surface area contributed by atoms with E-state index >= 15 is 0 Å². The number of carbonyl (C=O) groups is 1. The van der Waals surface area contributed by atoms with Crippen LogP contribution in [0.1, 0.15) is 22.8 Å². The van der Waals surface area contributed by atoms with Crippen molar-refractivity contribution in [2.45, 2.75) is 6.92 Å². The van der Waals surface area contributed by atoms with Crippen molar-refractivity contribution in [3.05, 3.63) is 71.0 Å². The van der Waals surface area contributed by atoms with Crippen LogP contribution in [0.5, 0.6) is 0 Å². The molecule has 0 aliphatic heterocycles. The fourth-order valence-electron chi connectivity index (χ4n) is 1.56. The number of rotatable bonds is 4. The van der Waals surface area contributed by atoms with Crippen molar-refractivity contribution in [3.63, 3.8) is 0 Å². The van der Waals surface area contributed by atoms with Gasteiger partial charge in [0.2, 0.25) is 0 Å². The van der Waals surface area contributed by atoms with Gasteiger partial charge in [-0.25, -0.2) is 5.43 Å². The Balaban J connectivity index is 1.99. The fourth-order valence-corrected chi connectivity index (χ4v) is 1.76. The van der Waals surface area contributed by atoms with Crippen molar-refractivity contribution >= 4 is 29.3 Å². The third kappa shape index (κ3) is 4.54. The van der Waals surface area contributed by atoms with Gasteiger partial charge in [-0.3, -0.25) is 9.78 Å². The Morgan fingerprint density at radius 3 is 2.67 bits per heavy atom. The zero-order valence-electron chi connectivity index (χ0n) is 11.5. The minimum Gasteiger partial charge on any atom is -0.267 e. The number of aromatic nitrogens is 1. The summed E-state index contributed by atoms with van der Waals surface area (Å²) in [7, 11) is 0. The summed E-state index contributed by atoms with van der Waals surface area (Å²) in [5.74, 6) is -0.275. The molecule has 0 saturated carbocycles. The second-order valence-electron chi connectivity index (χ2n) is 4.28. The number of amides is 1. The number of hydrogen-bond acceptors (Lipinski definition) is 3. The van der Waals surface area contributed by atoms with E-state index < -0.39 is 0 Å². The van der Waals surface area contributed by atoms with E-state index in [1.165, 1.54) is 0 Å². The average molecular weight is 300 g/mol. The number of nitrogens with one attached hydrogen (secondary N) is 1. The maximum Gasteiger partial charge on any atom is 0.271 e. The lowest BCUT2D eigenvalue weighted by Gasteiger charge is -2.00. The van der Waals surface area contributed by atoms with Gasteiger partial charge in [0, 0.05) is 23.0 Å². The van der Waals surface area contributed by atoms with Crippen LogP contribution < -0.4 is 5.43 Å². The smallest absolute Gasteiger partial charge is 0.267 e. The van der Waals surface area contributed by atoms with Crippen LogP contribution in [0.2, 0.25) is 5.02 Å². The van der Waals surface area contributed by atoms with E-state index in [-0.39, 0.29) is 5.91 Å². The summed E-state index contributed by atoms with van der Waals surface area (Å²) in [5.41, 5.74) is 4.56. The zero-order valence-corrected chi connectivity index (χ0v) is 12.2. The van der Waals surface area contributed by atoms with Crippen molar-refractivity contribution in [2.24, 2.45) is 5.10 Å². The predicted octanol–water partition coefficient (Wildman–Crippen LogP) is 3.55. The van der Waals surface area contributed by atoms with Gasteiger partial charge >= 0.3 is 0 Å². The summed E-state index contributed by atoms with van der Waals surface area (Å²) in [4.78, 5) is 15.6. The van der Waals surface area contributed by atoms with Gasteiger partial charge < -0.3 is 0 Å². The van der Waals surface area contributed by atoms with Crippen LogP contribution in [0.25, 0.3) is 6.08 Å². The predicted molar refractivity (Wildman–Crippen MR) is 85.3 cm³/mol. The monoisotopic (exact) mass is 299 g/mol. The first-order valence-electron chi connectivity index (χ1n) is 6.34. The summed E-state index contributed by atoms with van der Waals surface area (Å²) in [5, 5.41) is 4.68. The molecule has 0 atom stereocenters. The molecule has 0 aliphatic carbocycles. The number of nitrogens with zero attached hydrogens (tertiary/aromatic N) is 2. The van der Waals surface area contributed by atoms with Gasteiger partial charge in [0.25, 0.3) is 5.91 Å². The molecule has 106 valence electrons. The standard InChI is InChI=1S/C16H14ClN3O/c1-12(6-7-13-4-2-3-5-15(13)17)19-20-16(21)14-8-10-18-11-9-14/h2-11H,1H3,(H,20,21)/b7-6?,19-12-. The molecule has 2 aromatic rings. The molecule has 0 radical (unpaired) electrons. The molecule has 1 amide bonds. The number of carbonyl (C=O) groups excluding carboxylic acids is 1. The van der Waals surface area contributed by atoms with Crippen molar-refractivity contribution < 1.29 is 4.79 Å². The van der Waals surface area contributed by atoms with Gasteiger partial charge in [-0.05, 0) is 36.8 Å². The molecule has 1 aromatic carbocycles. The van der Waals surface area contributed by atoms with E-state index in [0.29, 0.717) is 16.3 Å². The van der Waals surface area contributed by atoms with E-state index in [1.54, 1.807) is 37.5 Å². The van der Waals surface area contributed by atoms with Crippen molar-refractivity contribution in [1.29, 1.82) is 0 Å². The Bertz CT molecular complexity index is 681. The quantitative estimate of drug-likeness (QED) is 0.693. The lowest BCUT2D eigenvalue weighted by Crippen LogP contribution is -2.18. The molecule has 1 heterocycles. The Kier molecular flexibility index (Phi) is 5.23. The highest BCUT2D eigenvalue weighted by molar-refractivity contribution is 6.32. The lowest BCUT2D eigenvalue weighted by molar-refractivity contribution is 0.0954. The number of allylic oxidation sites excluding steroid dienone is 1. The molecule has 4 nitrogen and oxygen atoms in total. The van der Waals surface area contributed by atoms with Crippen molar-refractivity contribution in [2.75, 3.05) is 0 Å². The highest BCUT2D eigenvalue weighted by atomic mass is 35.5. The van der Waals surface area contributed by atoms with E-state index in [0.717, 1.165) is 5.56 Å². The first-order chi connectivity index (χ1) is 10.2. The topological polar surface area (TPSA) is 54.4 Å². The molecule has 0 fully saturated rings. The molecule has 1 N–H and O–H groups in total. The molecule has 2 rings (SSSR count). The van der Waals surface area contributed by atoms with Gasteiger partial charge in [-0.15, -0.1) is 0 Å². The Labute approximate surface area is 128 Å². The first kappa shape index (κ1) is 14.9. The van der Waals surface area contributed by atoms with Crippen LogP contribution in [0.15, 0.2) is 60.0 Å². The fraction of sp³-hybridized carbons (Fsp3) is 0.0625. The third-order valence-electron chi connectivity index (χ3n) is 2.69. The highest BCUT2D eigenvalue weighted by Crippen LogP contribution is 2.16. The van der Waals surface area contributed by atoms with Gasteiger partial charge in [-0.1, -0.05) is 35.9 Å². The maximum absolute atomic E-state index is 11.8. The molecular weight excluding hydrogens is 286 g/mol. The summed E-state index contributed by atoms with van der Waals surface area (Å²) in [6.07, 6.45) is 6.75. The van der Waals surface area contributed by atoms with Crippen LogP contribution in [0.4, 0.5) is 0 Å². The van der Waals surface area contributed by atoms with Crippen LogP contribution >= 0.6 is 11.6 Å². The summed E-state index contributed by atoms with van der Waals surface area (Å²) < 4.78 is 0. The Morgan fingerprint density at radius 2 is 1.95 bits per heavy atom. The molecular formula is C16H14ClN3O. The Hall–Kier alpha value is -2.46. The molecule has 0 spiro atoms. The molecule has 0 saturated heterocycles. The van der Waals surface area contributed by atoms with Crippen molar-refractivity contribution in [1.82, 2.24) is 10.4 Å². The van der Waals surface area contributed by atoms with Gasteiger partial charge in [-0.2, -0.15) is 5.10 Å². The minimum absolute atomic E-state index is 0.275. The highest BCUT2D eigenvalue weighted by Gasteiger charge is 2.02. The normalized spacial score (nSPS) is 11.6. The van der Waals surface area contributed by atoms with Crippen molar-refractivity contribution in [3.8, 4) is 0 Å². The number of hydrazone groups is 1.